The molecular formula is C26H21N3O2S. The molecule has 5 rings (SSSR count). The minimum Gasteiger partial charge on any atom is -0.488 e. The van der Waals surface area contributed by atoms with E-state index in [-0.39, 0.29) is 5.56 Å². The Morgan fingerprint density at radius 1 is 0.969 bits per heavy atom. The van der Waals surface area contributed by atoms with E-state index < -0.39 is 0 Å². The number of fused-ring (bicyclic) bond motifs is 1. The number of para-hydroxylation sites is 1. The zero-order valence-corrected chi connectivity index (χ0v) is 18.6. The number of hydrogen-bond donors (Lipinski definition) is 0. The van der Waals surface area contributed by atoms with Gasteiger partial charge in [-0.25, -0.2) is 0 Å². The molecule has 0 bridgehead atoms. The highest BCUT2D eigenvalue weighted by molar-refractivity contribution is 7.15. The Morgan fingerprint density at radius 3 is 2.50 bits per heavy atom. The van der Waals surface area contributed by atoms with Gasteiger partial charge in [0.15, 0.2) is 5.82 Å². The molecule has 5 nitrogen and oxygen atoms in total. The lowest BCUT2D eigenvalue weighted by Crippen LogP contribution is -2.23. The first-order valence-corrected chi connectivity index (χ1v) is 11.1. The topological polar surface area (TPSA) is 56.5 Å². The van der Waals surface area contributed by atoms with Crippen molar-refractivity contribution in [3.63, 3.8) is 0 Å². The van der Waals surface area contributed by atoms with E-state index >= 15 is 0 Å². The molecule has 0 N–H and O–H groups in total. The van der Waals surface area contributed by atoms with Gasteiger partial charge in [-0.05, 0) is 37.1 Å². The van der Waals surface area contributed by atoms with Crippen molar-refractivity contribution in [1.29, 1.82) is 0 Å². The standard InChI is InChI=1S/C26H21N3O2S/c1-17-11-13-19(14-12-17)16-31-22-10-6-4-8-20(22)15-23-25(30)29-26(32-23)27-24(28-29)21-9-5-3-7-18(21)2/h3-15H,16H2,1-2H3/b23-15+. The van der Waals surface area contributed by atoms with E-state index in [1.54, 1.807) is 0 Å². The highest BCUT2D eigenvalue weighted by Crippen LogP contribution is 2.22. The molecule has 0 unspecified atom stereocenters. The molecule has 0 amide bonds. The maximum atomic E-state index is 13.0. The minimum atomic E-state index is -0.175. The van der Waals surface area contributed by atoms with Crippen molar-refractivity contribution >= 4 is 22.4 Å². The first kappa shape index (κ1) is 20.2. The molecular weight excluding hydrogens is 418 g/mol. The van der Waals surface area contributed by atoms with E-state index in [2.05, 4.69) is 41.3 Å². The van der Waals surface area contributed by atoms with Gasteiger partial charge in [0.2, 0.25) is 4.96 Å². The Labute approximate surface area is 189 Å². The lowest BCUT2D eigenvalue weighted by molar-refractivity contribution is 0.305. The van der Waals surface area contributed by atoms with Crippen molar-refractivity contribution in [1.82, 2.24) is 14.6 Å². The normalized spacial score (nSPS) is 11.9. The van der Waals surface area contributed by atoms with Gasteiger partial charge >= 0.3 is 0 Å². The number of rotatable bonds is 5. The van der Waals surface area contributed by atoms with Crippen LogP contribution < -0.4 is 14.8 Å². The molecule has 0 aliphatic carbocycles. The van der Waals surface area contributed by atoms with E-state index in [1.807, 2.05) is 61.5 Å². The fourth-order valence-corrected chi connectivity index (χ4v) is 4.39. The van der Waals surface area contributed by atoms with E-state index in [1.165, 1.54) is 21.4 Å². The Morgan fingerprint density at radius 2 is 1.72 bits per heavy atom. The number of hydrogen-bond acceptors (Lipinski definition) is 5. The van der Waals surface area contributed by atoms with Crippen LogP contribution in [0, 0.1) is 13.8 Å². The average Bonchev–Trinajstić information content (AvgIpc) is 3.34. The first-order valence-electron chi connectivity index (χ1n) is 10.3. The zero-order chi connectivity index (χ0) is 22.1. The van der Waals surface area contributed by atoms with Crippen molar-refractivity contribution in [2.45, 2.75) is 20.5 Å². The number of aromatic nitrogens is 3. The van der Waals surface area contributed by atoms with Crippen molar-refractivity contribution < 1.29 is 4.74 Å². The van der Waals surface area contributed by atoms with Crippen molar-refractivity contribution in [2.24, 2.45) is 0 Å². The van der Waals surface area contributed by atoms with Crippen LogP contribution in [-0.2, 0) is 6.61 Å². The summed E-state index contributed by atoms with van der Waals surface area (Å²) in [6.07, 6.45) is 1.85. The summed E-state index contributed by atoms with van der Waals surface area (Å²) in [6, 6.07) is 23.9. The van der Waals surface area contributed by atoms with Gasteiger partial charge < -0.3 is 4.74 Å². The SMILES string of the molecule is Cc1ccc(COc2ccccc2/C=c2/sc3nc(-c4ccccc4C)nn3c2=O)cc1. The Balaban J connectivity index is 1.47. The van der Waals surface area contributed by atoms with Crippen LogP contribution in [0.25, 0.3) is 22.4 Å². The molecule has 0 saturated heterocycles. The van der Waals surface area contributed by atoms with Crippen molar-refractivity contribution in [3.05, 3.63) is 110 Å². The molecule has 32 heavy (non-hydrogen) atoms. The third-order valence-corrected chi connectivity index (χ3v) is 6.25. The molecule has 0 aliphatic heterocycles. The second kappa shape index (κ2) is 8.40. The molecule has 0 radical (unpaired) electrons. The summed E-state index contributed by atoms with van der Waals surface area (Å²) < 4.78 is 8.01. The number of aryl methyl sites for hydroxylation is 2. The van der Waals surface area contributed by atoms with Gasteiger partial charge in [-0.1, -0.05) is 83.6 Å². The van der Waals surface area contributed by atoms with Gasteiger partial charge in [0, 0.05) is 11.1 Å². The quantitative estimate of drug-likeness (QED) is 0.403. The first-order chi connectivity index (χ1) is 15.6. The minimum absolute atomic E-state index is 0.175. The molecule has 0 fully saturated rings. The highest BCUT2D eigenvalue weighted by atomic mass is 32.1. The number of nitrogens with zero attached hydrogens (tertiary/aromatic N) is 3. The van der Waals surface area contributed by atoms with Crippen LogP contribution >= 0.6 is 11.3 Å². The highest BCUT2D eigenvalue weighted by Gasteiger charge is 2.13. The Bertz CT molecular complexity index is 1520. The van der Waals surface area contributed by atoms with Gasteiger partial charge in [0.1, 0.15) is 12.4 Å². The van der Waals surface area contributed by atoms with Crippen LogP contribution in [0.3, 0.4) is 0 Å². The second-order valence-corrected chi connectivity index (χ2v) is 8.68. The smallest absolute Gasteiger partial charge is 0.291 e. The summed E-state index contributed by atoms with van der Waals surface area (Å²) in [5.41, 5.74) is 4.99. The molecule has 158 valence electrons. The van der Waals surface area contributed by atoms with Crippen LogP contribution in [0.4, 0.5) is 0 Å². The van der Waals surface area contributed by atoms with Crippen LogP contribution in [-0.4, -0.2) is 14.6 Å². The maximum absolute atomic E-state index is 13.0. The molecule has 0 atom stereocenters. The van der Waals surface area contributed by atoms with Crippen LogP contribution in [0.5, 0.6) is 5.75 Å². The predicted octanol–water partition coefficient (Wildman–Crippen LogP) is 4.56. The molecule has 2 heterocycles. The molecule has 0 spiro atoms. The van der Waals surface area contributed by atoms with Crippen molar-refractivity contribution in [3.8, 4) is 17.1 Å². The summed E-state index contributed by atoms with van der Waals surface area (Å²) in [7, 11) is 0. The van der Waals surface area contributed by atoms with Gasteiger partial charge in [0.25, 0.3) is 5.56 Å². The van der Waals surface area contributed by atoms with Gasteiger partial charge in [0.05, 0.1) is 4.53 Å². The molecule has 6 heteroatoms. The monoisotopic (exact) mass is 439 g/mol. The molecule has 5 aromatic rings. The number of ether oxygens (including phenoxy) is 1. The number of thiazole rings is 1. The summed E-state index contributed by atoms with van der Waals surface area (Å²) in [4.78, 5) is 18.2. The Kier molecular flexibility index (Phi) is 5.29. The largest absolute Gasteiger partial charge is 0.488 e. The molecule has 0 saturated carbocycles. The van der Waals surface area contributed by atoms with Gasteiger partial charge in [-0.2, -0.15) is 9.50 Å². The molecule has 2 aromatic heterocycles. The van der Waals surface area contributed by atoms with Crippen molar-refractivity contribution in [2.75, 3.05) is 0 Å². The van der Waals surface area contributed by atoms with Gasteiger partial charge in [-0.3, -0.25) is 4.79 Å². The van der Waals surface area contributed by atoms with E-state index in [9.17, 15) is 4.79 Å². The fraction of sp³-hybridized carbons (Fsp3) is 0.115. The summed E-state index contributed by atoms with van der Waals surface area (Å²) in [5.74, 6) is 1.30. The average molecular weight is 440 g/mol. The summed E-state index contributed by atoms with van der Waals surface area (Å²) in [5, 5.41) is 4.46. The Hall–Kier alpha value is -3.77. The van der Waals surface area contributed by atoms with Gasteiger partial charge in [-0.15, -0.1) is 5.10 Å². The maximum Gasteiger partial charge on any atom is 0.291 e. The van der Waals surface area contributed by atoms with E-state index in [0.717, 1.165) is 28.0 Å². The van der Waals surface area contributed by atoms with Crippen LogP contribution in [0.1, 0.15) is 22.3 Å². The second-order valence-electron chi connectivity index (χ2n) is 7.67. The zero-order valence-electron chi connectivity index (χ0n) is 17.8. The number of benzene rings is 3. The lowest BCUT2D eigenvalue weighted by Gasteiger charge is -2.09. The van der Waals surface area contributed by atoms with Crippen LogP contribution in [0.2, 0.25) is 0 Å². The third-order valence-electron chi connectivity index (χ3n) is 5.29. The summed E-state index contributed by atoms with van der Waals surface area (Å²) in [6.45, 7) is 4.53. The predicted molar refractivity (Wildman–Crippen MR) is 128 cm³/mol. The molecule has 3 aromatic carbocycles. The lowest BCUT2D eigenvalue weighted by atomic mass is 10.1. The summed E-state index contributed by atoms with van der Waals surface area (Å²) >= 11 is 1.33. The fourth-order valence-electron chi connectivity index (χ4n) is 3.49. The third kappa shape index (κ3) is 3.92. The molecule has 0 aliphatic rings. The van der Waals surface area contributed by atoms with E-state index in [0.29, 0.717) is 21.9 Å². The van der Waals surface area contributed by atoms with E-state index in [4.69, 9.17) is 4.74 Å². The van der Waals surface area contributed by atoms with Crippen LogP contribution in [0.15, 0.2) is 77.6 Å².